The summed E-state index contributed by atoms with van der Waals surface area (Å²) in [5.74, 6) is -0.222. The number of hydrogen-bond donors (Lipinski definition) is 2. The largest absolute Gasteiger partial charge is 0.395 e. The summed E-state index contributed by atoms with van der Waals surface area (Å²) in [7, 11) is 1.92. The Morgan fingerprint density at radius 1 is 1.67 bits per heavy atom. The van der Waals surface area contributed by atoms with Gasteiger partial charge in [0.25, 0.3) is 0 Å². The molecule has 0 aliphatic carbocycles. The number of fused-ring (bicyclic) bond motifs is 1. The summed E-state index contributed by atoms with van der Waals surface area (Å²) < 4.78 is 13.0. The molecule has 0 radical (unpaired) electrons. The van der Waals surface area contributed by atoms with Crippen LogP contribution in [0.3, 0.4) is 0 Å². The van der Waals surface area contributed by atoms with Crippen molar-refractivity contribution >= 4 is 5.69 Å². The van der Waals surface area contributed by atoms with Crippen molar-refractivity contribution in [3.63, 3.8) is 0 Å². The van der Waals surface area contributed by atoms with Crippen LogP contribution in [0.4, 0.5) is 10.1 Å². The Morgan fingerprint density at radius 2 is 2.40 bits per heavy atom. The Labute approximate surface area is 88.3 Å². The van der Waals surface area contributed by atoms with Gasteiger partial charge in [0.05, 0.1) is 12.6 Å². The van der Waals surface area contributed by atoms with Crippen molar-refractivity contribution in [3.8, 4) is 0 Å². The van der Waals surface area contributed by atoms with Crippen molar-refractivity contribution in [2.75, 3.05) is 18.6 Å². The predicted octanol–water partition coefficient (Wildman–Crippen LogP) is 0.506. The van der Waals surface area contributed by atoms with E-state index in [0.29, 0.717) is 6.42 Å². The average Bonchev–Trinajstić information content (AvgIpc) is 2.54. The molecule has 1 aliphatic heterocycles. The van der Waals surface area contributed by atoms with Crippen LogP contribution < -0.4 is 10.6 Å². The minimum atomic E-state index is -0.287. The molecule has 2 atom stereocenters. The molecule has 0 saturated carbocycles. The van der Waals surface area contributed by atoms with E-state index < -0.39 is 0 Å². The summed E-state index contributed by atoms with van der Waals surface area (Å²) >= 11 is 0. The summed E-state index contributed by atoms with van der Waals surface area (Å²) in [4.78, 5) is 2.01. The molecule has 3 nitrogen and oxygen atoms in total. The van der Waals surface area contributed by atoms with E-state index in [1.165, 1.54) is 12.1 Å². The minimum Gasteiger partial charge on any atom is -0.395 e. The lowest BCUT2D eigenvalue weighted by Crippen LogP contribution is -2.46. The Bertz CT molecular complexity index is 370. The second-order valence-electron chi connectivity index (χ2n) is 4.00. The van der Waals surface area contributed by atoms with Gasteiger partial charge in [-0.2, -0.15) is 0 Å². The highest BCUT2D eigenvalue weighted by atomic mass is 19.1. The molecule has 0 fully saturated rings. The maximum Gasteiger partial charge on any atom is 0.123 e. The van der Waals surface area contributed by atoms with Gasteiger partial charge in [-0.25, -0.2) is 4.39 Å². The molecule has 0 spiro atoms. The molecule has 2 rings (SSSR count). The number of halogens is 1. The zero-order valence-corrected chi connectivity index (χ0v) is 8.65. The molecule has 0 aromatic heterocycles. The Kier molecular flexibility index (Phi) is 2.63. The van der Waals surface area contributed by atoms with Crippen LogP contribution in [-0.2, 0) is 6.42 Å². The van der Waals surface area contributed by atoms with Crippen LogP contribution in [0.5, 0.6) is 0 Å². The molecule has 15 heavy (non-hydrogen) atoms. The van der Waals surface area contributed by atoms with E-state index in [9.17, 15) is 4.39 Å². The first-order valence-electron chi connectivity index (χ1n) is 5.01. The van der Waals surface area contributed by atoms with Gasteiger partial charge in [0.1, 0.15) is 5.82 Å². The van der Waals surface area contributed by atoms with E-state index in [-0.39, 0.29) is 24.5 Å². The summed E-state index contributed by atoms with van der Waals surface area (Å²) in [6, 6.07) is 4.52. The van der Waals surface area contributed by atoms with Crippen LogP contribution in [0.2, 0.25) is 0 Å². The van der Waals surface area contributed by atoms with E-state index in [0.717, 1.165) is 11.3 Å². The van der Waals surface area contributed by atoms with Crippen LogP contribution in [-0.4, -0.2) is 30.8 Å². The Morgan fingerprint density at radius 3 is 3.07 bits per heavy atom. The van der Waals surface area contributed by atoms with E-state index in [2.05, 4.69) is 0 Å². The van der Waals surface area contributed by atoms with Crippen LogP contribution in [0.25, 0.3) is 0 Å². The van der Waals surface area contributed by atoms with Crippen molar-refractivity contribution < 1.29 is 9.50 Å². The molecule has 2 unspecified atom stereocenters. The van der Waals surface area contributed by atoms with Gasteiger partial charge >= 0.3 is 0 Å². The van der Waals surface area contributed by atoms with Crippen LogP contribution in [0, 0.1) is 5.82 Å². The van der Waals surface area contributed by atoms with Crippen LogP contribution in [0.1, 0.15) is 5.56 Å². The first-order chi connectivity index (χ1) is 7.13. The van der Waals surface area contributed by atoms with Crippen molar-refractivity contribution in [2.24, 2.45) is 5.73 Å². The summed E-state index contributed by atoms with van der Waals surface area (Å²) in [6.45, 7) is -0.0501. The number of aliphatic hydroxyl groups is 1. The second-order valence-corrected chi connectivity index (χ2v) is 4.00. The number of rotatable bonds is 2. The van der Waals surface area contributed by atoms with Crippen molar-refractivity contribution in [2.45, 2.75) is 18.5 Å². The fourth-order valence-corrected chi connectivity index (χ4v) is 2.16. The number of nitrogens with two attached hydrogens (primary N) is 1. The quantitative estimate of drug-likeness (QED) is 0.747. The molecule has 1 aliphatic rings. The molecule has 1 aromatic carbocycles. The summed E-state index contributed by atoms with van der Waals surface area (Å²) in [5.41, 5.74) is 7.77. The molecular weight excluding hydrogens is 195 g/mol. The maximum absolute atomic E-state index is 13.0. The summed E-state index contributed by atoms with van der Waals surface area (Å²) in [5, 5.41) is 9.02. The van der Waals surface area contributed by atoms with Gasteiger partial charge in [-0.15, -0.1) is 0 Å². The monoisotopic (exact) mass is 210 g/mol. The number of hydrogen-bond acceptors (Lipinski definition) is 3. The number of nitrogens with zero attached hydrogens (tertiary/aromatic N) is 1. The van der Waals surface area contributed by atoms with Gasteiger partial charge in [0, 0.05) is 18.8 Å². The highest BCUT2D eigenvalue weighted by molar-refractivity contribution is 5.59. The SMILES string of the molecule is CN1c2ccc(F)cc2CC1C(N)CO. The van der Waals surface area contributed by atoms with Gasteiger partial charge in [0.15, 0.2) is 0 Å². The lowest BCUT2D eigenvalue weighted by atomic mass is 10.0. The normalized spacial score (nSPS) is 21.6. The average molecular weight is 210 g/mol. The lowest BCUT2D eigenvalue weighted by Gasteiger charge is -2.26. The van der Waals surface area contributed by atoms with Crippen LogP contribution >= 0.6 is 0 Å². The molecule has 1 aromatic rings. The van der Waals surface area contributed by atoms with Gasteiger partial charge in [-0.05, 0) is 30.2 Å². The zero-order chi connectivity index (χ0) is 11.0. The molecule has 3 N–H and O–H groups in total. The Hall–Kier alpha value is -1.13. The fourth-order valence-electron chi connectivity index (χ4n) is 2.16. The van der Waals surface area contributed by atoms with Gasteiger partial charge in [-0.1, -0.05) is 0 Å². The smallest absolute Gasteiger partial charge is 0.123 e. The molecule has 4 heteroatoms. The number of benzene rings is 1. The third-order valence-electron chi connectivity index (χ3n) is 3.05. The molecular formula is C11H15FN2O. The third kappa shape index (κ3) is 1.70. The lowest BCUT2D eigenvalue weighted by molar-refractivity contribution is 0.249. The van der Waals surface area contributed by atoms with E-state index >= 15 is 0 Å². The molecule has 1 heterocycles. The fraction of sp³-hybridized carbons (Fsp3) is 0.455. The predicted molar refractivity (Wildman–Crippen MR) is 57.4 cm³/mol. The van der Waals surface area contributed by atoms with Gasteiger partial charge < -0.3 is 15.7 Å². The third-order valence-corrected chi connectivity index (χ3v) is 3.05. The highest BCUT2D eigenvalue weighted by Crippen LogP contribution is 2.32. The summed E-state index contributed by atoms with van der Waals surface area (Å²) in [6.07, 6.45) is 0.700. The van der Waals surface area contributed by atoms with Gasteiger partial charge in [0.2, 0.25) is 0 Å². The van der Waals surface area contributed by atoms with Crippen molar-refractivity contribution in [1.82, 2.24) is 0 Å². The number of anilines is 1. The maximum atomic E-state index is 13.0. The standard InChI is InChI=1S/C11H15FN2O/c1-14-10-3-2-8(12)4-7(10)5-11(14)9(13)6-15/h2-4,9,11,15H,5-6,13H2,1H3. The van der Waals surface area contributed by atoms with E-state index in [4.69, 9.17) is 10.8 Å². The molecule has 0 saturated heterocycles. The first-order valence-corrected chi connectivity index (χ1v) is 5.01. The van der Waals surface area contributed by atoms with Crippen molar-refractivity contribution in [1.29, 1.82) is 0 Å². The second kappa shape index (κ2) is 3.79. The van der Waals surface area contributed by atoms with Gasteiger partial charge in [-0.3, -0.25) is 0 Å². The number of likely N-dealkylation sites (N-methyl/N-ethyl adjacent to an activating group) is 1. The first kappa shape index (κ1) is 10.4. The molecule has 82 valence electrons. The highest BCUT2D eigenvalue weighted by Gasteiger charge is 2.30. The van der Waals surface area contributed by atoms with Crippen molar-refractivity contribution in [3.05, 3.63) is 29.6 Å². The zero-order valence-electron chi connectivity index (χ0n) is 8.65. The van der Waals surface area contributed by atoms with Crippen LogP contribution in [0.15, 0.2) is 18.2 Å². The topological polar surface area (TPSA) is 49.5 Å². The molecule has 0 bridgehead atoms. The molecule has 0 amide bonds. The van der Waals surface area contributed by atoms with E-state index in [1.54, 1.807) is 6.07 Å². The Balaban J connectivity index is 2.28. The van der Waals surface area contributed by atoms with E-state index in [1.807, 2.05) is 11.9 Å². The minimum absolute atomic E-state index is 0.0501. The number of aliphatic hydroxyl groups excluding tert-OH is 1.